The van der Waals surface area contributed by atoms with Crippen molar-refractivity contribution < 1.29 is 14.3 Å². The third kappa shape index (κ3) is 4.52. The van der Waals surface area contributed by atoms with Crippen LogP contribution in [-0.4, -0.2) is 29.5 Å². The van der Waals surface area contributed by atoms with Crippen LogP contribution in [0.25, 0.3) is 0 Å². The van der Waals surface area contributed by atoms with Crippen molar-refractivity contribution in [1.29, 1.82) is 0 Å². The summed E-state index contributed by atoms with van der Waals surface area (Å²) in [6, 6.07) is 17.8. The Kier molecular flexibility index (Phi) is 6.09. The lowest BCUT2D eigenvalue weighted by Crippen LogP contribution is -2.42. The molecule has 1 unspecified atom stereocenters. The average Bonchev–Trinajstić information content (AvgIpc) is 3.27. The lowest BCUT2D eigenvalue weighted by Gasteiger charge is -2.31. The number of aromatic nitrogens is 1. The van der Waals surface area contributed by atoms with Crippen LogP contribution in [0.2, 0.25) is 0 Å². The summed E-state index contributed by atoms with van der Waals surface area (Å²) in [4.78, 5) is 31.4. The molecule has 0 saturated heterocycles. The summed E-state index contributed by atoms with van der Waals surface area (Å²) >= 11 is 1.33. The molecule has 1 atom stereocenters. The van der Waals surface area contributed by atoms with Crippen LogP contribution < -0.4 is 10.2 Å². The van der Waals surface area contributed by atoms with Crippen LogP contribution in [0, 0.1) is 0 Å². The highest BCUT2D eigenvalue weighted by Crippen LogP contribution is 2.27. The number of hydrogen-bond acceptors (Lipinski definition) is 6. The first-order valence-electron chi connectivity index (χ1n) is 9.95. The summed E-state index contributed by atoms with van der Waals surface area (Å²) in [6.45, 7) is 2.85. The molecule has 0 saturated carbocycles. The van der Waals surface area contributed by atoms with E-state index >= 15 is 0 Å². The fourth-order valence-corrected chi connectivity index (χ4v) is 4.15. The van der Waals surface area contributed by atoms with Gasteiger partial charge in [-0.05, 0) is 37.0 Å². The minimum Gasteiger partial charge on any atom is -0.448 e. The standard InChI is InChI=1S/C23H23N3O3S/c1-16(21(27)26-13-7-11-18-10-5-6-12-20(18)26)29-22(28)19-15-30-23(25-19)24-14-17-8-3-2-4-9-17/h2-6,8-10,12,15-16H,7,11,13-14H2,1H3,(H,24,25). The van der Waals surface area contributed by atoms with Gasteiger partial charge in [-0.2, -0.15) is 0 Å². The number of nitrogens with one attached hydrogen (secondary N) is 1. The van der Waals surface area contributed by atoms with Crippen LogP contribution >= 0.6 is 11.3 Å². The van der Waals surface area contributed by atoms with Crippen molar-refractivity contribution in [2.24, 2.45) is 0 Å². The highest BCUT2D eigenvalue weighted by atomic mass is 32.1. The van der Waals surface area contributed by atoms with E-state index in [1.54, 1.807) is 17.2 Å². The van der Waals surface area contributed by atoms with Gasteiger partial charge in [0.15, 0.2) is 16.9 Å². The molecule has 2 aromatic carbocycles. The van der Waals surface area contributed by atoms with Gasteiger partial charge in [0.1, 0.15) is 0 Å². The minimum atomic E-state index is -0.883. The number of benzene rings is 2. The van der Waals surface area contributed by atoms with Crippen molar-refractivity contribution in [2.45, 2.75) is 32.4 Å². The molecule has 1 aliphatic rings. The molecule has 0 radical (unpaired) electrons. The van der Waals surface area contributed by atoms with Crippen molar-refractivity contribution >= 4 is 34.0 Å². The van der Waals surface area contributed by atoms with E-state index in [1.165, 1.54) is 11.3 Å². The van der Waals surface area contributed by atoms with E-state index in [1.807, 2.05) is 54.6 Å². The number of ether oxygens (including phenoxy) is 1. The Labute approximate surface area is 179 Å². The van der Waals surface area contributed by atoms with Gasteiger partial charge in [-0.15, -0.1) is 11.3 Å². The molecule has 3 aromatic rings. The Morgan fingerprint density at radius 1 is 1.17 bits per heavy atom. The molecule has 1 amide bonds. The predicted octanol–water partition coefficient (Wildman–Crippen LogP) is 4.28. The zero-order valence-corrected chi connectivity index (χ0v) is 17.5. The van der Waals surface area contributed by atoms with Gasteiger partial charge in [-0.3, -0.25) is 4.79 Å². The maximum absolute atomic E-state index is 12.9. The minimum absolute atomic E-state index is 0.203. The zero-order valence-electron chi connectivity index (χ0n) is 16.7. The SMILES string of the molecule is CC(OC(=O)c1csc(NCc2ccccc2)n1)C(=O)N1CCCc2ccccc21. The molecule has 0 bridgehead atoms. The van der Waals surface area contributed by atoms with Crippen molar-refractivity contribution in [2.75, 3.05) is 16.8 Å². The number of fused-ring (bicyclic) bond motifs is 1. The van der Waals surface area contributed by atoms with E-state index in [-0.39, 0.29) is 11.6 Å². The highest BCUT2D eigenvalue weighted by Gasteiger charge is 2.29. The quantitative estimate of drug-likeness (QED) is 0.602. The second kappa shape index (κ2) is 9.09. The number of hydrogen-bond donors (Lipinski definition) is 1. The monoisotopic (exact) mass is 421 g/mol. The molecule has 0 aliphatic carbocycles. The highest BCUT2D eigenvalue weighted by molar-refractivity contribution is 7.13. The van der Waals surface area contributed by atoms with Crippen molar-refractivity contribution in [3.63, 3.8) is 0 Å². The molecule has 2 heterocycles. The van der Waals surface area contributed by atoms with Crippen LogP contribution in [-0.2, 0) is 22.5 Å². The molecule has 7 heteroatoms. The Morgan fingerprint density at radius 3 is 2.77 bits per heavy atom. The molecule has 154 valence electrons. The number of nitrogens with zero attached hydrogens (tertiary/aromatic N) is 2. The lowest BCUT2D eigenvalue weighted by atomic mass is 10.0. The van der Waals surface area contributed by atoms with Gasteiger partial charge < -0.3 is 15.0 Å². The van der Waals surface area contributed by atoms with Gasteiger partial charge in [0.25, 0.3) is 5.91 Å². The molecule has 1 aromatic heterocycles. The Balaban J connectivity index is 1.36. The summed E-state index contributed by atoms with van der Waals surface area (Å²) in [6.07, 6.45) is 0.962. The van der Waals surface area contributed by atoms with E-state index in [4.69, 9.17) is 4.74 Å². The molecule has 1 aliphatic heterocycles. The van der Waals surface area contributed by atoms with E-state index in [0.29, 0.717) is 18.2 Å². The lowest BCUT2D eigenvalue weighted by molar-refractivity contribution is -0.126. The normalized spacial score (nSPS) is 14.0. The van der Waals surface area contributed by atoms with E-state index < -0.39 is 12.1 Å². The van der Waals surface area contributed by atoms with Gasteiger partial charge in [-0.1, -0.05) is 48.5 Å². The number of aryl methyl sites for hydroxylation is 1. The second-order valence-electron chi connectivity index (χ2n) is 7.15. The number of anilines is 2. The first-order valence-corrected chi connectivity index (χ1v) is 10.8. The zero-order chi connectivity index (χ0) is 20.9. The summed E-state index contributed by atoms with van der Waals surface area (Å²) in [5.74, 6) is -0.807. The van der Waals surface area contributed by atoms with Gasteiger partial charge in [0.2, 0.25) is 0 Å². The van der Waals surface area contributed by atoms with Gasteiger partial charge in [0.05, 0.1) is 0 Å². The molecule has 30 heavy (non-hydrogen) atoms. The van der Waals surface area contributed by atoms with Gasteiger partial charge >= 0.3 is 5.97 Å². The number of thiazole rings is 1. The van der Waals surface area contributed by atoms with Crippen molar-refractivity contribution in [3.05, 3.63) is 76.8 Å². The van der Waals surface area contributed by atoms with Crippen LogP contribution in [0.15, 0.2) is 60.0 Å². The summed E-state index contributed by atoms with van der Waals surface area (Å²) in [5, 5.41) is 5.48. The Hall–Kier alpha value is -3.19. The number of carbonyl (C=O) groups is 2. The average molecular weight is 422 g/mol. The number of amides is 1. The number of rotatable bonds is 6. The van der Waals surface area contributed by atoms with E-state index in [9.17, 15) is 9.59 Å². The third-order valence-electron chi connectivity index (χ3n) is 5.01. The van der Waals surface area contributed by atoms with Crippen molar-refractivity contribution in [3.8, 4) is 0 Å². The smallest absolute Gasteiger partial charge is 0.358 e. The summed E-state index contributed by atoms with van der Waals surface area (Å²) in [5.41, 5.74) is 3.37. The molecule has 0 spiro atoms. The number of carbonyl (C=O) groups excluding carboxylic acids is 2. The van der Waals surface area contributed by atoms with Crippen molar-refractivity contribution in [1.82, 2.24) is 4.98 Å². The Morgan fingerprint density at radius 2 is 1.93 bits per heavy atom. The largest absolute Gasteiger partial charge is 0.448 e. The predicted molar refractivity (Wildman–Crippen MR) is 118 cm³/mol. The maximum atomic E-state index is 12.9. The van der Waals surface area contributed by atoms with Crippen LogP contribution in [0.3, 0.4) is 0 Å². The molecule has 0 fully saturated rings. The number of para-hydroxylation sites is 1. The fraction of sp³-hybridized carbons (Fsp3) is 0.261. The second-order valence-corrected chi connectivity index (χ2v) is 8.00. The van der Waals surface area contributed by atoms with E-state index in [0.717, 1.165) is 29.7 Å². The fourth-order valence-electron chi connectivity index (χ4n) is 3.48. The van der Waals surface area contributed by atoms with Gasteiger partial charge in [0, 0.05) is 24.2 Å². The Bertz CT molecular complexity index is 1030. The first-order chi connectivity index (χ1) is 14.6. The van der Waals surface area contributed by atoms with Crippen LogP contribution in [0.1, 0.15) is 35.0 Å². The summed E-state index contributed by atoms with van der Waals surface area (Å²) in [7, 11) is 0. The molecule has 1 N–H and O–H groups in total. The third-order valence-corrected chi connectivity index (χ3v) is 5.81. The van der Waals surface area contributed by atoms with Crippen LogP contribution in [0.5, 0.6) is 0 Å². The summed E-state index contributed by atoms with van der Waals surface area (Å²) < 4.78 is 5.43. The maximum Gasteiger partial charge on any atom is 0.358 e. The van der Waals surface area contributed by atoms with Crippen LogP contribution in [0.4, 0.5) is 10.8 Å². The molecule has 6 nitrogen and oxygen atoms in total. The van der Waals surface area contributed by atoms with E-state index in [2.05, 4.69) is 10.3 Å². The van der Waals surface area contributed by atoms with Gasteiger partial charge in [-0.25, -0.2) is 9.78 Å². The molecule has 4 rings (SSSR count). The topological polar surface area (TPSA) is 71.5 Å². The number of esters is 1. The molecular formula is C23H23N3O3S. The molecular weight excluding hydrogens is 398 g/mol. The first kappa shape index (κ1) is 20.1.